The van der Waals surface area contributed by atoms with Crippen molar-refractivity contribution in [2.75, 3.05) is 32.7 Å². The van der Waals surface area contributed by atoms with E-state index >= 15 is 0 Å². The molecule has 134 valence electrons. The number of hydrogen-bond acceptors (Lipinski definition) is 5. The number of rotatable bonds is 5. The fourth-order valence-electron chi connectivity index (χ4n) is 2.48. The summed E-state index contributed by atoms with van der Waals surface area (Å²) in [6.07, 6.45) is -0.165. The van der Waals surface area contributed by atoms with Crippen molar-refractivity contribution < 1.29 is 24.4 Å². The quantitative estimate of drug-likeness (QED) is 0.588. The van der Waals surface area contributed by atoms with Gasteiger partial charge in [0.25, 0.3) is 11.6 Å². The van der Waals surface area contributed by atoms with E-state index in [0.717, 1.165) is 0 Å². The summed E-state index contributed by atoms with van der Waals surface area (Å²) in [4.78, 5) is 48.2. The number of urea groups is 1. The van der Waals surface area contributed by atoms with E-state index in [1.165, 1.54) is 28.0 Å². The number of hydrogen-bond donors (Lipinski definition) is 2. The van der Waals surface area contributed by atoms with Gasteiger partial charge in [-0.1, -0.05) is 12.1 Å². The van der Waals surface area contributed by atoms with Gasteiger partial charge in [0, 0.05) is 38.8 Å². The standard InChI is InChI=1S/C15H18N4O6/c20-13(21)5-6-16-15(23)18-9-7-17(8-10-18)14(22)11-3-1-2-4-12(11)19(24)25/h1-4H,5-10H2,(H,16,23)(H,20,21). The van der Waals surface area contributed by atoms with Crippen LogP contribution in [0.4, 0.5) is 10.5 Å². The Balaban J connectivity index is 1.92. The first-order valence-electron chi connectivity index (χ1n) is 7.67. The van der Waals surface area contributed by atoms with E-state index in [-0.39, 0.29) is 56.4 Å². The molecule has 0 bridgehead atoms. The molecule has 2 N–H and O–H groups in total. The molecule has 1 aliphatic heterocycles. The van der Waals surface area contributed by atoms with Crippen LogP contribution in [0.25, 0.3) is 0 Å². The summed E-state index contributed by atoms with van der Waals surface area (Å²) >= 11 is 0. The van der Waals surface area contributed by atoms with E-state index in [1.807, 2.05) is 0 Å². The minimum Gasteiger partial charge on any atom is -0.481 e. The van der Waals surface area contributed by atoms with Crippen molar-refractivity contribution in [3.05, 3.63) is 39.9 Å². The summed E-state index contributed by atoms with van der Waals surface area (Å²) in [5.41, 5.74) is -0.229. The van der Waals surface area contributed by atoms with Crippen LogP contribution < -0.4 is 5.32 Å². The van der Waals surface area contributed by atoms with Crippen molar-refractivity contribution >= 4 is 23.6 Å². The lowest BCUT2D eigenvalue weighted by atomic mass is 10.1. The Morgan fingerprint density at radius 1 is 1.12 bits per heavy atom. The highest BCUT2D eigenvalue weighted by Crippen LogP contribution is 2.20. The highest BCUT2D eigenvalue weighted by molar-refractivity contribution is 5.98. The molecule has 1 aliphatic rings. The summed E-state index contributed by atoms with van der Waals surface area (Å²) in [7, 11) is 0. The Labute approximate surface area is 143 Å². The van der Waals surface area contributed by atoms with Gasteiger partial charge in [0.05, 0.1) is 11.3 Å². The van der Waals surface area contributed by atoms with Gasteiger partial charge in [0.1, 0.15) is 5.56 Å². The Morgan fingerprint density at radius 3 is 2.32 bits per heavy atom. The summed E-state index contributed by atoms with van der Waals surface area (Å²) in [6.45, 7) is 1.06. The number of para-hydroxylation sites is 1. The maximum Gasteiger partial charge on any atom is 0.317 e. The molecule has 0 radical (unpaired) electrons. The Kier molecular flexibility index (Phi) is 5.88. The van der Waals surface area contributed by atoms with Crippen LogP contribution in [0.5, 0.6) is 0 Å². The minimum absolute atomic E-state index is 0.0202. The van der Waals surface area contributed by atoms with Crippen LogP contribution in [-0.2, 0) is 4.79 Å². The number of benzene rings is 1. The topological polar surface area (TPSA) is 133 Å². The number of amides is 3. The Bertz CT molecular complexity index is 684. The van der Waals surface area contributed by atoms with Gasteiger partial charge in [-0.15, -0.1) is 0 Å². The Hall–Kier alpha value is -3.17. The summed E-state index contributed by atoms with van der Waals surface area (Å²) in [5.74, 6) is -1.45. The van der Waals surface area contributed by atoms with Crippen LogP contribution in [-0.4, -0.2) is 70.5 Å². The predicted octanol–water partition coefficient (Wildman–Crippen LogP) is 0.537. The number of nitrogens with one attached hydrogen (secondary N) is 1. The summed E-state index contributed by atoms with van der Waals surface area (Å²) in [6, 6.07) is 5.35. The first-order chi connectivity index (χ1) is 11.9. The van der Waals surface area contributed by atoms with Crippen molar-refractivity contribution in [3.63, 3.8) is 0 Å². The van der Waals surface area contributed by atoms with Gasteiger partial charge >= 0.3 is 12.0 Å². The normalized spacial score (nSPS) is 14.1. The summed E-state index contributed by atoms with van der Waals surface area (Å²) in [5, 5.41) is 22.1. The van der Waals surface area contributed by atoms with Crippen molar-refractivity contribution in [1.82, 2.24) is 15.1 Å². The van der Waals surface area contributed by atoms with Crippen LogP contribution in [0.3, 0.4) is 0 Å². The zero-order chi connectivity index (χ0) is 18.4. The molecular weight excluding hydrogens is 332 g/mol. The number of carboxylic acids is 1. The monoisotopic (exact) mass is 350 g/mol. The molecule has 2 rings (SSSR count). The third-order valence-corrected chi connectivity index (χ3v) is 3.80. The van der Waals surface area contributed by atoms with Gasteiger partial charge in [-0.05, 0) is 6.07 Å². The third kappa shape index (κ3) is 4.66. The number of piperazine rings is 1. The average Bonchev–Trinajstić information content (AvgIpc) is 2.60. The molecule has 3 amide bonds. The average molecular weight is 350 g/mol. The number of nitrogens with zero attached hydrogens (tertiary/aromatic N) is 3. The lowest BCUT2D eigenvalue weighted by Gasteiger charge is -2.34. The molecule has 0 aromatic heterocycles. The van der Waals surface area contributed by atoms with Crippen LogP contribution in [0.15, 0.2) is 24.3 Å². The fourth-order valence-corrected chi connectivity index (χ4v) is 2.48. The van der Waals surface area contributed by atoms with E-state index in [0.29, 0.717) is 0 Å². The zero-order valence-corrected chi connectivity index (χ0v) is 13.4. The molecule has 1 heterocycles. The van der Waals surface area contributed by atoms with Crippen molar-refractivity contribution in [2.24, 2.45) is 0 Å². The van der Waals surface area contributed by atoms with Gasteiger partial charge in [-0.25, -0.2) is 4.79 Å². The second-order valence-electron chi connectivity index (χ2n) is 5.43. The fraction of sp³-hybridized carbons (Fsp3) is 0.400. The number of carbonyl (C=O) groups is 3. The highest BCUT2D eigenvalue weighted by Gasteiger charge is 2.28. The van der Waals surface area contributed by atoms with E-state index < -0.39 is 16.8 Å². The molecule has 1 fully saturated rings. The largest absolute Gasteiger partial charge is 0.481 e. The van der Waals surface area contributed by atoms with E-state index in [2.05, 4.69) is 5.32 Å². The van der Waals surface area contributed by atoms with Gasteiger partial charge in [-0.3, -0.25) is 19.7 Å². The van der Waals surface area contributed by atoms with E-state index in [9.17, 15) is 24.5 Å². The highest BCUT2D eigenvalue weighted by atomic mass is 16.6. The Morgan fingerprint density at radius 2 is 1.72 bits per heavy atom. The molecule has 0 unspecified atom stereocenters. The maximum atomic E-state index is 12.5. The van der Waals surface area contributed by atoms with E-state index in [1.54, 1.807) is 6.07 Å². The number of carbonyl (C=O) groups excluding carboxylic acids is 2. The molecule has 0 aliphatic carbocycles. The zero-order valence-electron chi connectivity index (χ0n) is 13.4. The molecule has 1 saturated heterocycles. The second-order valence-corrected chi connectivity index (χ2v) is 5.43. The van der Waals surface area contributed by atoms with E-state index in [4.69, 9.17) is 5.11 Å². The molecule has 1 aromatic carbocycles. The van der Waals surface area contributed by atoms with Gasteiger partial charge in [-0.2, -0.15) is 0 Å². The van der Waals surface area contributed by atoms with Crippen molar-refractivity contribution in [3.8, 4) is 0 Å². The first kappa shape index (κ1) is 18.2. The summed E-state index contributed by atoms with van der Waals surface area (Å²) < 4.78 is 0. The van der Waals surface area contributed by atoms with Gasteiger partial charge in [0.2, 0.25) is 0 Å². The number of carboxylic acid groups (broad SMARTS) is 1. The van der Waals surface area contributed by atoms with Crippen LogP contribution in [0.2, 0.25) is 0 Å². The number of nitro benzene ring substituents is 1. The maximum absolute atomic E-state index is 12.5. The molecule has 1 aromatic rings. The lowest BCUT2D eigenvalue weighted by Crippen LogP contribution is -2.53. The van der Waals surface area contributed by atoms with Crippen LogP contribution in [0.1, 0.15) is 16.8 Å². The molecule has 0 atom stereocenters. The van der Waals surface area contributed by atoms with Gasteiger partial charge in [0.15, 0.2) is 0 Å². The second kappa shape index (κ2) is 8.08. The smallest absolute Gasteiger partial charge is 0.317 e. The van der Waals surface area contributed by atoms with Crippen molar-refractivity contribution in [2.45, 2.75) is 6.42 Å². The van der Waals surface area contributed by atoms with Crippen LogP contribution in [0, 0.1) is 10.1 Å². The molecule has 0 saturated carbocycles. The molecule has 25 heavy (non-hydrogen) atoms. The van der Waals surface area contributed by atoms with Crippen LogP contribution >= 0.6 is 0 Å². The molecule has 10 heteroatoms. The SMILES string of the molecule is O=C(O)CCNC(=O)N1CCN(C(=O)c2ccccc2[N+](=O)[O-])CC1. The number of nitro groups is 1. The van der Waals surface area contributed by atoms with Crippen molar-refractivity contribution in [1.29, 1.82) is 0 Å². The third-order valence-electron chi connectivity index (χ3n) is 3.80. The molecular formula is C15H18N4O6. The number of aliphatic carboxylic acids is 1. The lowest BCUT2D eigenvalue weighted by molar-refractivity contribution is -0.385. The molecule has 10 nitrogen and oxygen atoms in total. The first-order valence-corrected chi connectivity index (χ1v) is 7.67. The minimum atomic E-state index is -1.000. The predicted molar refractivity (Wildman–Crippen MR) is 86.2 cm³/mol. The molecule has 0 spiro atoms. The van der Waals surface area contributed by atoms with Gasteiger partial charge < -0.3 is 20.2 Å².